The van der Waals surface area contributed by atoms with Gasteiger partial charge in [0.15, 0.2) is 0 Å². The van der Waals surface area contributed by atoms with Crippen LogP contribution in [0.4, 0.5) is 0 Å². The van der Waals surface area contributed by atoms with Crippen LogP contribution in [0.25, 0.3) is 0 Å². The van der Waals surface area contributed by atoms with Gasteiger partial charge in [0.25, 0.3) is 0 Å². The summed E-state index contributed by atoms with van der Waals surface area (Å²) in [6, 6.07) is 10.3. The van der Waals surface area contributed by atoms with E-state index in [0.717, 1.165) is 25.7 Å². The van der Waals surface area contributed by atoms with Gasteiger partial charge in [-0.2, -0.15) is 0 Å². The molecule has 1 aromatic rings. The first-order valence-corrected chi connectivity index (χ1v) is 5.62. The first-order valence-electron chi connectivity index (χ1n) is 5.62. The zero-order chi connectivity index (χ0) is 11.8. The number of aliphatic carboxylic acids is 1. The number of hydrogen-bond donors (Lipinski definition) is 0. The second-order valence-corrected chi connectivity index (χ2v) is 3.91. The smallest absolute Gasteiger partial charge is 0.0668 e. The standard InChI is InChI=1S/C14H18O2/c1-12(14(15)16)8-4-2-5-9-13-10-6-3-7-11-13/h3,6-8,10-11H,2,4-5,9H2,1H3,(H,15,16)/p-1/b12-8+. The Hall–Kier alpha value is -1.57. The summed E-state index contributed by atoms with van der Waals surface area (Å²) < 4.78 is 0. The number of carboxylic acid groups (broad SMARTS) is 1. The Labute approximate surface area is 96.6 Å². The average molecular weight is 217 g/mol. The summed E-state index contributed by atoms with van der Waals surface area (Å²) in [7, 11) is 0. The minimum absolute atomic E-state index is 0.333. The van der Waals surface area contributed by atoms with Gasteiger partial charge in [-0.05, 0) is 43.7 Å². The molecule has 0 heterocycles. The fraction of sp³-hybridized carbons (Fsp3) is 0.357. The maximum atomic E-state index is 10.4. The molecule has 1 rings (SSSR count). The largest absolute Gasteiger partial charge is 0.545 e. The second-order valence-electron chi connectivity index (χ2n) is 3.91. The predicted molar refractivity (Wildman–Crippen MR) is 62.8 cm³/mol. The summed E-state index contributed by atoms with van der Waals surface area (Å²) in [6.45, 7) is 1.58. The van der Waals surface area contributed by atoms with Crippen LogP contribution < -0.4 is 5.11 Å². The molecule has 16 heavy (non-hydrogen) atoms. The Morgan fingerprint density at radius 3 is 2.56 bits per heavy atom. The van der Waals surface area contributed by atoms with E-state index in [2.05, 4.69) is 12.1 Å². The van der Waals surface area contributed by atoms with E-state index in [1.54, 1.807) is 13.0 Å². The van der Waals surface area contributed by atoms with Gasteiger partial charge in [-0.15, -0.1) is 0 Å². The summed E-state index contributed by atoms with van der Waals surface area (Å²) >= 11 is 0. The Morgan fingerprint density at radius 1 is 1.25 bits per heavy atom. The van der Waals surface area contributed by atoms with Crippen LogP contribution in [-0.2, 0) is 11.2 Å². The van der Waals surface area contributed by atoms with E-state index >= 15 is 0 Å². The summed E-state index contributed by atoms with van der Waals surface area (Å²) in [6.07, 6.45) is 5.70. The highest BCUT2D eigenvalue weighted by atomic mass is 16.4. The first kappa shape index (κ1) is 12.5. The van der Waals surface area contributed by atoms with Gasteiger partial charge in [0.05, 0.1) is 5.97 Å². The molecule has 0 N–H and O–H groups in total. The number of rotatable bonds is 6. The summed E-state index contributed by atoms with van der Waals surface area (Å²) in [5.74, 6) is -1.07. The molecule has 0 unspecified atom stereocenters. The van der Waals surface area contributed by atoms with E-state index in [9.17, 15) is 9.90 Å². The van der Waals surface area contributed by atoms with Crippen LogP contribution in [0.2, 0.25) is 0 Å². The molecule has 0 aliphatic carbocycles. The predicted octanol–water partition coefficient (Wildman–Crippen LogP) is 2.10. The molecule has 0 saturated heterocycles. The molecule has 0 fully saturated rings. The Kier molecular flexibility index (Phi) is 5.34. The van der Waals surface area contributed by atoms with Crippen molar-refractivity contribution in [1.29, 1.82) is 0 Å². The topological polar surface area (TPSA) is 40.1 Å². The number of carboxylic acids is 1. The molecule has 2 heteroatoms. The van der Waals surface area contributed by atoms with Gasteiger partial charge >= 0.3 is 0 Å². The lowest BCUT2D eigenvalue weighted by Gasteiger charge is -2.02. The van der Waals surface area contributed by atoms with E-state index in [1.165, 1.54) is 5.56 Å². The molecule has 0 radical (unpaired) electrons. The molecule has 0 aliphatic rings. The third-order valence-corrected chi connectivity index (χ3v) is 2.53. The van der Waals surface area contributed by atoms with Gasteiger partial charge < -0.3 is 9.90 Å². The lowest BCUT2D eigenvalue weighted by molar-refractivity contribution is -0.299. The van der Waals surface area contributed by atoms with Crippen molar-refractivity contribution < 1.29 is 9.90 Å². The second kappa shape index (κ2) is 6.83. The van der Waals surface area contributed by atoms with Gasteiger partial charge in [0.1, 0.15) is 0 Å². The minimum atomic E-state index is -1.07. The molecule has 0 saturated carbocycles. The molecule has 2 nitrogen and oxygen atoms in total. The van der Waals surface area contributed by atoms with Crippen molar-refractivity contribution in [3.8, 4) is 0 Å². The van der Waals surface area contributed by atoms with Crippen molar-refractivity contribution in [2.45, 2.75) is 32.6 Å². The summed E-state index contributed by atoms with van der Waals surface area (Å²) in [5, 5.41) is 10.4. The third-order valence-electron chi connectivity index (χ3n) is 2.53. The molecule has 0 aromatic heterocycles. The lowest BCUT2D eigenvalue weighted by Crippen LogP contribution is -2.22. The van der Waals surface area contributed by atoms with Gasteiger partial charge in [-0.1, -0.05) is 36.4 Å². The van der Waals surface area contributed by atoms with E-state index in [1.807, 2.05) is 18.2 Å². The number of aryl methyl sites for hydroxylation is 1. The molecule has 0 bridgehead atoms. The first-order chi connectivity index (χ1) is 7.70. The third kappa shape index (κ3) is 4.78. The highest BCUT2D eigenvalue weighted by molar-refractivity contribution is 5.83. The van der Waals surface area contributed by atoms with Crippen molar-refractivity contribution >= 4 is 5.97 Å². The van der Waals surface area contributed by atoms with Crippen molar-refractivity contribution in [3.05, 3.63) is 47.5 Å². The number of carbonyl (C=O) groups excluding carboxylic acids is 1. The Bertz CT molecular complexity index is 352. The number of benzene rings is 1. The fourth-order valence-corrected chi connectivity index (χ4v) is 1.52. The average Bonchev–Trinajstić information content (AvgIpc) is 2.29. The quantitative estimate of drug-likeness (QED) is 0.540. The van der Waals surface area contributed by atoms with E-state index in [0.29, 0.717) is 5.57 Å². The highest BCUT2D eigenvalue weighted by Crippen LogP contribution is 2.07. The van der Waals surface area contributed by atoms with Crippen LogP contribution >= 0.6 is 0 Å². The maximum absolute atomic E-state index is 10.4. The summed E-state index contributed by atoms with van der Waals surface area (Å²) in [4.78, 5) is 10.4. The Morgan fingerprint density at radius 2 is 1.94 bits per heavy atom. The van der Waals surface area contributed by atoms with E-state index < -0.39 is 5.97 Å². The molecular formula is C14H17O2-. The SMILES string of the molecule is C/C(=C\CCCCc1ccccc1)C(=O)[O-]. The van der Waals surface area contributed by atoms with Gasteiger partial charge in [0, 0.05) is 0 Å². The summed E-state index contributed by atoms with van der Waals surface area (Å²) in [5.41, 5.74) is 1.67. The van der Waals surface area contributed by atoms with Crippen LogP contribution in [0.1, 0.15) is 31.7 Å². The molecule has 0 aliphatic heterocycles. The van der Waals surface area contributed by atoms with Crippen molar-refractivity contribution in [3.63, 3.8) is 0 Å². The zero-order valence-electron chi connectivity index (χ0n) is 9.61. The molecule has 0 atom stereocenters. The van der Waals surface area contributed by atoms with Gasteiger partial charge in [-0.25, -0.2) is 0 Å². The Balaban J connectivity index is 2.18. The molecular weight excluding hydrogens is 200 g/mol. The minimum Gasteiger partial charge on any atom is -0.545 e. The zero-order valence-corrected chi connectivity index (χ0v) is 9.61. The molecule has 0 spiro atoms. The number of carbonyl (C=O) groups is 1. The van der Waals surface area contributed by atoms with Crippen molar-refractivity contribution in [2.75, 3.05) is 0 Å². The van der Waals surface area contributed by atoms with Crippen LogP contribution in [0.5, 0.6) is 0 Å². The van der Waals surface area contributed by atoms with Crippen LogP contribution in [0.3, 0.4) is 0 Å². The van der Waals surface area contributed by atoms with E-state index in [-0.39, 0.29) is 0 Å². The fourth-order valence-electron chi connectivity index (χ4n) is 1.52. The van der Waals surface area contributed by atoms with Crippen molar-refractivity contribution in [1.82, 2.24) is 0 Å². The number of unbranched alkanes of at least 4 members (excludes halogenated alkanes) is 2. The molecule has 86 valence electrons. The van der Waals surface area contributed by atoms with Crippen LogP contribution in [0, 0.1) is 0 Å². The molecule has 0 amide bonds. The number of allylic oxidation sites excluding steroid dienone is 1. The maximum Gasteiger partial charge on any atom is 0.0668 e. The van der Waals surface area contributed by atoms with Crippen LogP contribution in [-0.4, -0.2) is 5.97 Å². The van der Waals surface area contributed by atoms with Crippen LogP contribution in [0.15, 0.2) is 42.0 Å². The number of hydrogen-bond acceptors (Lipinski definition) is 2. The monoisotopic (exact) mass is 217 g/mol. The van der Waals surface area contributed by atoms with Gasteiger partial charge in [-0.3, -0.25) is 0 Å². The normalized spacial score (nSPS) is 11.4. The molecule has 1 aromatic carbocycles. The van der Waals surface area contributed by atoms with Crippen molar-refractivity contribution in [2.24, 2.45) is 0 Å². The highest BCUT2D eigenvalue weighted by Gasteiger charge is 1.92. The van der Waals surface area contributed by atoms with E-state index in [4.69, 9.17) is 0 Å². The van der Waals surface area contributed by atoms with Gasteiger partial charge in [0.2, 0.25) is 0 Å². The lowest BCUT2D eigenvalue weighted by atomic mass is 10.1.